The Morgan fingerprint density at radius 2 is 2.17 bits per heavy atom. The van der Waals surface area contributed by atoms with E-state index in [2.05, 4.69) is 15.5 Å². The number of nitrogens with zero attached hydrogens (tertiary/aromatic N) is 1. The molecule has 94 valence electrons. The maximum atomic E-state index is 5.46. The third-order valence-electron chi connectivity index (χ3n) is 3.04. The number of aromatic nitrogens is 2. The van der Waals surface area contributed by atoms with Gasteiger partial charge in [-0.3, -0.25) is 5.10 Å². The summed E-state index contributed by atoms with van der Waals surface area (Å²) in [6.45, 7) is 3.86. The molecule has 0 aliphatic carbocycles. The van der Waals surface area contributed by atoms with Crippen LogP contribution in [0.15, 0.2) is 24.4 Å². The Hall–Kier alpha value is -2.01. The second-order valence-electron chi connectivity index (χ2n) is 4.27. The molecule has 2 N–H and O–H groups in total. The van der Waals surface area contributed by atoms with Crippen LogP contribution < -0.4 is 14.8 Å². The summed E-state index contributed by atoms with van der Waals surface area (Å²) in [4.78, 5) is 0. The number of H-pyrrole nitrogens is 1. The summed E-state index contributed by atoms with van der Waals surface area (Å²) in [5.74, 6) is 1.68. The molecule has 0 fully saturated rings. The Morgan fingerprint density at radius 1 is 1.28 bits per heavy atom. The Kier molecular flexibility index (Phi) is 2.90. The molecule has 3 rings (SSSR count). The van der Waals surface area contributed by atoms with E-state index in [9.17, 15) is 0 Å². The molecule has 0 radical (unpaired) electrons. The largest absolute Gasteiger partial charge is 0.454 e. The van der Waals surface area contributed by atoms with Crippen LogP contribution in [-0.4, -0.2) is 17.0 Å². The molecule has 1 aromatic carbocycles. The van der Waals surface area contributed by atoms with Gasteiger partial charge in [0.25, 0.3) is 0 Å². The highest BCUT2D eigenvalue weighted by molar-refractivity contribution is 5.48. The molecule has 18 heavy (non-hydrogen) atoms. The number of nitrogens with one attached hydrogen (secondary N) is 2. The molecular formula is C13H15N3O2. The van der Waals surface area contributed by atoms with E-state index in [0.717, 1.165) is 35.8 Å². The van der Waals surface area contributed by atoms with Crippen molar-refractivity contribution in [3.63, 3.8) is 0 Å². The number of fused-ring (bicyclic) bond motifs is 1. The summed E-state index contributed by atoms with van der Waals surface area (Å²) < 4.78 is 10.8. The van der Waals surface area contributed by atoms with Crippen LogP contribution in [0.5, 0.6) is 11.5 Å². The van der Waals surface area contributed by atoms with Crippen molar-refractivity contribution in [3.8, 4) is 11.5 Å². The first kappa shape index (κ1) is 11.1. The van der Waals surface area contributed by atoms with Crippen molar-refractivity contribution in [3.05, 3.63) is 41.2 Å². The third kappa shape index (κ3) is 2.04. The van der Waals surface area contributed by atoms with Crippen LogP contribution in [0.25, 0.3) is 0 Å². The quantitative estimate of drug-likeness (QED) is 0.861. The average molecular weight is 245 g/mol. The molecule has 1 aliphatic heterocycles. The van der Waals surface area contributed by atoms with Crippen LogP contribution in [0, 0.1) is 6.92 Å². The number of para-hydroxylation sites is 1. The van der Waals surface area contributed by atoms with Crippen LogP contribution in [0.1, 0.15) is 16.8 Å². The molecular weight excluding hydrogens is 230 g/mol. The van der Waals surface area contributed by atoms with Gasteiger partial charge in [-0.25, -0.2) is 0 Å². The van der Waals surface area contributed by atoms with E-state index in [-0.39, 0.29) is 0 Å². The van der Waals surface area contributed by atoms with E-state index in [1.807, 2.05) is 31.3 Å². The van der Waals surface area contributed by atoms with E-state index in [4.69, 9.17) is 9.47 Å². The molecule has 1 aromatic heterocycles. The summed E-state index contributed by atoms with van der Waals surface area (Å²) in [7, 11) is 0. The summed E-state index contributed by atoms with van der Waals surface area (Å²) in [5, 5.41) is 10.3. The summed E-state index contributed by atoms with van der Waals surface area (Å²) >= 11 is 0. The van der Waals surface area contributed by atoms with Gasteiger partial charge >= 0.3 is 0 Å². The normalized spacial score (nSPS) is 12.9. The first-order valence-electron chi connectivity index (χ1n) is 5.91. The van der Waals surface area contributed by atoms with Crippen molar-refractivity contribution in [2.45, 2.75) is 20.0 Å². The van der Waals surface area contributed by atoms with Crippen molar-refractivity contribution in [1.82, 2.24) is 15.5 Å². The molecule has 2 aromatic rings. The minimum Gasteiger partial charge on any atom is -0.454 e. The van der Waals surface area contributed by atoms with Gasteiger partial charge in [0, 0.05) is 29.9 Å². The number of hydrogen-bond donors (Lipinski definition) is 2. The predicted octanol–water partition coefficient (Wildman–Crippen LogP) is 1.74. The van der Waals surface area contributed by atoms with Gasteiger partial charge in [0.2, 0.25) is 6.79 Å². The van der Waals surface area contributed by atoms with E-state index < -0.39 is 0 Å². The minimum absolute atomic E-state index is 0.313. The van der Waals surface area contributed by atoms with Crippen LogP contribution in [0.4, 0.5) is 0 Å². The van der Waals surface area contributed by atoms with Crippen LogP contribution in [0.2, 0.25) is 0 Å². The fourth-order valence-electron chi connectivity index (χ4n) is 2.02. The molecule has 5 heteroatoms. The minimum atomic E-state index is 0.313. The molecule has 1 aliphatic rings. The number of rotatable bonds is 4. The molecule has 0 bridgehead atoms. The smallest absolute Gasteiger partial charge is 0.231 e. The molecule has 5 nitrogen and oxygen atoms in total. The summed E-state index contributed by atoms with van der Waals surface area (Å²) in [6.07, 6.45) is 1.84. The SMILES string of the molecule is Cc1[nH]ncc1CNCc1cccc2c1OCO2. The number of ether oxygens (including phenoxy) is 2. The van der Waals surface area contributed by atoms with Gasteiger partial charge in [0.05, 0.1) is 6.20 Å². The third-order valence-corrected chi connectivity index (χ3v) is 3.04. The second-order valence-corrected chi connectivity index (χ2v) is 4.27. The van der Waals surface area contributed by atoms with Crippen molar-refractivity contribution >= 4 is 0 Å². The molecule has 0 saturated heterocycles. The van der Waals surface area contributed by atoms with Gasteiger partial charge in [-0.15, -0.1) is 0 Å². The van der Waals surface area contributed by atoms with Gasteiger partial charge in [-0.05, 0) is 13.0 Å². The highest BCUT2D eigenvalue weighted by atomic mass is 16.7. The maximum absolute atomic E-state index is 5.46. The summed E-state index contributed by atoms with van der Waals surface area (Å²) in [6, 6.07) is 5.95. The van der Waals surface area contributed by atoms with Crippen molar-refractivity contribution in [2.24, 2.45) is 0 Å². The van der Waals surface area contributed by atoms with E-state index in [1.54, 1.807) is 0 Å². The Balaban J connectivity index is 1.64. The predicted molar refractivity (Wildman–Crippen MR) is 66.4 cm³/mol. The zero-order valence-corrected chi connectivity index (χ0v) is 10.2. The lowest BCUT2D eigenvalue weighted by molar-refractivity contribution is 0.173. The van der Waals surface area contributed by atoms with Crippen LogP contribution in [-0.2, 0) is 13.1 Å². The molecule has 0 amide bonds. The highest BCUT2D eigenvalue weighted by Crippen LogP contribution is 2.35. The Morgan fingerprint density at radius 3 is 3.00 bits per heavy atom. The number of benzene rings is 1. The monoisotopic (exact) mass is 245 g/mol. The van der Waals surface area contributed by atoms with Crippen molar-refractivity contribution < 1.29 is 9.47 Å². The van der Waals surface area contributed by atoms with Crippen LogP contribution >= 0.6 is 0 Å². The van der Waals surface area contributed by atoms with Gasteiger partial charge in [0.1, 0.15) is 0 Å². The highest BCUT2D eigenvalue weighted by Gasteiger charge is 2.16. The fraction of sp³-hybridized carbons (Fsp3) is 0.308. The number of aromatic amines is 1. The topological polar surface area (TPSA) is 59.2 Å². The molecule has 0 atom stereocenters. The molecule has 0 spiro atoms. The lowest BCUT2D eigenvalue weighted by Gasteiger charge is -2.07. The second kappa shape index (κ2) is 4.70. The fourth-order valence-corrected chi connectivity index (χ4v) is 2.02. The zero-order valence-electron chi connectivity index (χ0n) is 10.2. The summed E-state index contributed by atoms with van der Waals surface area (Å²) in [5.41, 5.74) is 3.39. The molecule has 2 heterocycles. The van der Waals surface area contributed by atoms with Gasteiger partial charge in [-0.1, -0.05) is 12.1 Å². The van der Waals surface area contributed by atoms with Crippen LogP contribution in [0.3, 0.4) is 0 Å². The lowest BCUT2D eigenvalue weighted by atomic mass is 10.2. The standard InChI is InChI=1S/C13H15N3O2/c1-9-11(7-15-16-9)6-14-5-10-3-2-4-12-13(10)18-8-17-12/h2-4,7,14H,5-6,8H2,1H3,(H,15,16). The lowest BCUT2D eigenvalue weighted by Crippen LogP contribution is -2.13. The van der Waals surface area contributed by atoms with E-state index in [0.29, 0.717) is 6.79 Å². The van der Waals surface area contributed by atoms with Crippen molar-refractivity contribution in [2.75, 3.05) is 6.79 Å². The van der Waals surface area contributed by atoms with E-state index >= 15 is 0 Å². The van der Waals surface area contributed by atoms with E-state index in [1.165, 1.54) is 5.56 Å². The first-order chi connectivity index (χ1) is 8.84. The maximum Gasteiger partial charge on any atom is 0.231 e. The number of hydrogen-bond acceptors (Lipinski definition) is 4. The first-order valence-corrected chi connectivity index (χ1v) is 5.91. The molecule has 0 saturated carbocycles. The number of aryl methyl sites for hydroxylation is 1. The Labute approximate surface area is 105 Å². The Bertz CT molecular complexity index is 551. The van der Waals surface area contributed by atoms with Gasteiger partial charge < -0.3 is 14.8 Å². The van der Waals surface area contributed by atoms with Crippen molar-refractivity contribution in [1.29, 1.82) is 0 Å². The average Bonchev–Trinajstić information content (AvgIpc) is 2.99. The zero-order chi connectivity index (χ0) is 12.4. The van der Waals surface area contributed by atoms with Gasteiger partial charge in [-0.2, -0.15) is 5.10 Å². The molecule has 0 unspecified atom stereocenters. The van der Waals surface area contributed by atoms with Gasteiger partial charge in [0.15, 0.2) is 11.5 Å².